The van der Waals surface area contributed by atoms with Crippen molar-refractivity contribution in [2.75, 3.05) is 6.61 Å². The minimum absolute atomic E-state index is 0.117. The Hall–Kier alpha value is -2.04. The highest BCUT2D eigenvalue weighted by Crippen LogP contribution is 2.03. The van der Waals surface area contributed by atoms with E-state index in [9.17, 15) is 4.79 Å². The van der Waals surface area contributed by atoms with E-state index in [0.717, 1.165) is 12.0 Å². The first kappa shape index (κ1) is 17.0. The number of amidine groups is 1. The van der Waals surface area contributed by atoms with Gasteiger partial charge in [-0.25, -0.2) is 0 Å². The average Bonchev–Trinajstić information content (AvgIpc) is 2.44. The molecule has 3 N–H and O–H groups in total. The van der Waals surface area contributed by atoms with Crippen LogP contribution in [0.2, 0.25) is 0 Å². The highest BCUT2D eigenvalue weighted by molar-refractivity contribution is 5.80. The van der Waals surface area contributed by atoms with Crippen molar-refractivity contribution in [3.63, 3.8) is 0 Å². The van der Waals surface area contributed by atoms with Crippen molar-refractivity contribution in [1.29, 1.82) is 0 Å². The molecule has 0 bridgehead atoms. The number of amides is 1. The van der Waals surface area contributed by atoms with Crippen molar-refractivity contribution in [2.24, 2.45) is 16.8 Å². The molecular formula is C16H25N3O2. The highest BCUT2D eigenvalue weighted by Gasteiger charge is 2.03. The maximum absolute atomic E-state index is 11.6. The lowest BCUT2D eigenvalue weighted by atomic mass is 10.1. The number of nitrogens with two attached hydrogens (primary N) is 1. The molecule has 0 atom stereocenters. The van der Waals surface area contributed by atoms with Gasteiger partial charge in [0.1, 0.15) is 5.84 Å². The summed E-state index contributed by atoms with van der Waals surface area (Å²) in [5, 5.41) is 6.50. The molecule has 116 valence electrons. The summed E-state index contributed by atoms with van der Waals surface area (Å²) in [5.74, 6) is 0.780. The molecule has 0 aliphatic heterocycles. The first-order valence-electron chi connectivity index (χ1n) is 7.24. The Labute approximate surface area is 126 Å². The second-order valence-corrected chi connectivity index (χ2v) is 5.55. The highest BCUT2D eigenvalue weighted by atomic mass is 16.6. The topological polar surface area (TPSA) is 76.7 Å². The largest absolute Gasteiger partial charge is 0.384 e. The smallest absolute Gasteiger partial charge is 0.261 e. The number of nitrogens with one attached hydrogen (secondary N) is 1. The third kappa shape index (κ3) is 7.97. The van der Waals surface area contributed by atoms with Crippen molar-refractivity contribution >= 4 is 11.7 Å². The second kappa shape index (κ2) is 9.00. The molecule has 5 nitrogen and oxygen atoms in total. The monoisotopic (exact) mass is 291 g/mol. The van der Waals surface area contributed by atoms with Gasteiger partial charge in [-0.1, -0.05) is 48.8 Å². The summed E-state index contributed by atoms with van der Waals surface area (Å²) in [6, 6.07) is 7.99. The van der Waals surface area contributed by atoms with E-state index in [1.54, 1.807) is 0 Å². The van der Waals surface area contributed by atoms with Crippen LogP contribution in [0.1, 0.15) is 37.8 Å². The Morgan fingerprint density at radius 3 is 2.62 bits per heavy atom. The molecule has 0 saturated carbocycles. The van der Waals surface area contributed by atoms with E-state index >= 15 is 0 Å². The van der Waals surface area contributed by atoms with Gasteiger partial charge in [0, 0.05) is 13.0 Å². The van der Waals surface area contributed by atoms with Gasteiger partial charge in [-0.2, -0.15) is 0 Å². The van der Waals surface area contributed by atoms with Gasteiger partial charge in [-0.3, -0.25) is 4.79 Å². The van der Waals surface area contributed by atoms with Gasteiger partial charge in [0.15, 0.2) is 6.61 Å². The Kier molecular flexibility index (Phi) is 7.29. The molecule has 1 aromatic carbocycles. The molecule has 0 aliphatic carbocycles. The average molecular weight is 291 g/mol. The Balaban J connectivity index is 2.22. The van der Waals surface area contributed by atoms with Gasteiger partial charge in [-0.05, 0) is 24.8 Å². The number of rotatable bonds is 8. The summed E-state index contributed by atoms with van der Waals surface area (Å²) >= 11 is 0. The van der Waals surface area contributed by atoms with E-state index in [1.807, 2.05) is 31.2 Å². The maximum atomic E-state index is 11.6. The quantitative estimate of drug-likeness (QED) is 0.438. The summed E-state index contributed by atoms with van der Waals surface area (Å²) in [7, 11) is 0. The molecule has 0 fully saturated rings. The van der Waals surface area contributed by atoms with Crippen LogP contribution in [0.25, 0.3) is 0 Å². The number of carbonyl (C=O) groups is 1. The van der Waals surface area contributed by atoms with E-state index in [2.05, 4.69) is 24.3 Å². The van der Waals surface area contributed by atoms with Crippen LogP contribution in [0, 0.1) is 12.8 Å². The number of hydrogen-bond donors (Lipinski definition) is 2. The van der Waals surface area contributed by atoms with Crippen LogP contribution < -0.4 is 11.1 Å². The molecule has 21 heavy (non-hydrogen) atoms. The van der Waals surface area contributed by atoms with E-state index in [0.29, 0.717) is 24.7 Å². The van der Waals surface area contributed by atoms with E-state index in [4.69, 9.17) is 10.6 Å². The van der Waals surface area contributed by atoms with Crippen LogP contribution in [0.3, 0.4) is 0 Å². The molecule has 0 unspecified atom stereocenters. The van der Waals surface area contributed by atoms with Gasteiger partial charge >= 0.3 is 0 Å². The van der Waals surface area contributed by atoms with Crippen molar-refractivity contribution < 1.29 is 9.63 Å². The number of aryl methyl sites for hydroxylation is 1. The Morgan fingerprint density at radius 2 is 2.00 bits per heavy atom. The molecule has 0 spiro atoms. The van der Waals surface area contributed by atoms with Gasteiger partial charge in [0.05, 0.1) is 0 Å². The summed E-state index contributed by atoms with van der Waals surface area (Å²) in [6.07, 6.45) is 1.64. The van der Waals surface area contributed by atoms with Crippen molar-refractivity contribution in [1.82, 2.24) is 5.32 Å². The molecular weight excluding hydrogens is 266 g/mol. The standard InChI is InChI=1S/C16H25N3O2/c1-12(2)4-9-15(17)19-21-11-16(20)18-10-14-7-5-13(3)6-8-14/h5-8,12H,4,9-11H2,1-3H3,(H2,17,19)(H,18,20). The van der Waals surface area contributed by atoms with Crippen LogP contribution in [-0.2, 0) is 16.2 Å². The van der Waals surface area contributed by atoms with Crippen molar-refractivity contribution in [2.45, 2.75) is 40.2 Å². The second-order valence-electron chi connectivity index (χ2n) is 5.55. The molecule has 1 amide bonds. The van der Waals surface area contributed by atoms with Crippen LogP contribution in [0.4, 0.5) is 0 Å². The number of hydrogen-bond acceptors (Lipinski definition) is 3. The lowest BCUT2D eigenvalue weighted by Crippen LogP contribution is -2.26. The lowest BCUT2D eigenvalue weighted by Gasteiger charge is -2.06. The molecule has 0 radical (unpaired) electrons. The van der Waals surface area contributed by atoms with Crippen molar-refractivity contribution in [3.05, 3.63) is 35.4 Å². The zero-order chi connectivity index (χ0) is 15.7. The summed E-state index contributed by atoms with van der Waals surface area (Å²) in [4.78, 5) is 16.5. The maximum Gasteiger partial charge on any atom is 0.261 e. The van der Waals surface area contributed by atoms with Crippen molar-refractivity contribution in [3.8, 4) is 0 Å². The minimum Gasteiger partial charge on any atom is -0.384 e. The molecule has 1 aromatic rings. The zero-order valence-electron chi connectivity index (χ0n) is 13.1. The fourth-order valence-electron chi connectivity index (χ4n) is 1.61. The minimum atomic E-state index is -0.212. The van der Waals surface area contributed by atoms with Gasteiger partial charge in [-0.15, -0.1) is 0 Å². The molecule has 0 heterocycles. The van der Waals surface area contributed by atoms with Gasteiger partial charge in [0.2, 0.25) is 0 Å². The van der Waals surface area contributed by atoms with Crippen LogP contribution >= 0.6 is 0 Å². The summed E-state index contributed by atoms with van der Waals surface area (Å²) in [5.41, 5.74) is 7.92. The summed E-state index contributed by atoms with van der Waals surface area (Å²) < 4.78 is 0. The number of benzene rings is 1. The predicted molar refractivity (Wildman–Crippen MR) is 84.7 cm³/mol. The Bertz CT molecular complexity index is 467. The fraction of sp³-hybridized carbons (Fsp3) is 0.500. The summed E-state index contributed by atoms with van der Waals surface area (Å²) in [6.45, 7) is 6.63. The van der Waals surface area contributed by atoms with E-state index < -0.39 is 0 Å². The SMILES string of the molecule is Cc1ccc(CNC(=O)CO/N=C(\N)CCC(C)C)cc1. The zero-order valence-corrected chi connectivity index (χ0v) is 13.1. The third-order valence-electron chi connectivity index (χ3n) is 2.97. The van der Waals surface area contributed by atoms with Gasteiger partial charge in [0.25, 0.3) is 5.91 Å². The molecule has 1 rings (SSSR count). The Morgan fingerprint density at radius 1 is 1.33 bits per heavy atom. The predicted octanol–water partition coefficient (Wildman–Crippen LogP) is 2.34. The van der Waals surface area contributed by atoms with Crippen LogP contribution in [-0.4, -0.2) is 18.3 Å². The fourth-order valence-corrected chi connectivity index (χ4v) is 1.61. The lowest BCUT2D eigenvalue weighted by molar-refractivity contribution is -0.125. The van der Waals surface area contributed by atoms with E-state index in [-0.39, 0.29) is 12.5 Å². The van der Waals surface area contributed by atoms with Gasteiger partial charge < -0.3 is 15.9 Å². The molecule has 5 heteroatoms. The number of carbonyl (C=O) groups excluding carboxylic acids is 1. The third-order valence-corrected chi connectivity index (χ3v) is 2.97. The van der Waals surface area contributed by atoms with Crippen LogP contribution in [0.15, 0.2) is 29.4 Å². The molecule has 0 aliphatic rings. The first-order chi connectivity index (χ1) is 9.97. The first-order valence-corrected chi connectivity index (χ1v) is 7.24. The normalized spacial score (nSPS) is 11.5. The number of nitrogens with zero attached hydrogens (tertiary/aromatic N) is 1. The van der Waals surface area contributed by atoms with E-state index in [1.165, 1.54) is 5.56 Å². The molecule has 0 saturated heterocycles. The molecule has 0 aromatic heterocycles. The number of oxime groups is 1. The van der Waals surface area contributed by atoms with Crippen LogP contribution in [0.5, 0.6) is 0 Å².